The summed E-state index contributed by atoms with van der Waals surface area (Å²) in [6, 6.07) is 0. The molecule has 20 heavy (non-hydrogen) atoms. The number of aromatic nitrogens is 2. The number of likely N-dealkylation sites (N-methyl/N-ethyl adjacent to an activating group) is 1. The van der Waals surface area contributed by atoms with Gasteiger partial charge in [-0.05, 0) is 56.3 Å². The van der Waals surface area contributed by atoms with Gasteiger partial charge in [-0.15, -0.1) is 0 Å². The van der Waals surface area contributed by atoms with Gasteiger partial charge in [0.1, 0.15) is 0 Å². The Morgan fingerprint density at radius 3 is 2.95 bits per heavy atom. The Morgan fingerprint density at radius 1 is 1.60 bits per heavy atom. The van der Waals surface area contributed by atoms with E-state index in [-0.39, 0.29) is 5.92 Å². The molecule has 1 aliphatic rings. The van der Waals surface area contributed by atoms with Gasteiger partial charge in [0.2, 0.25) is 0 Å². The van der Waals surface area contributed by atoms with Crippen molar-refractivity contribution in [1.82, 2.24) is 20.0 Å². The smallest absolute Gasteiger partial charge is 0.154 e. The van der Waals surface area contributed by atoms with Crippen molar-refractivity contribution >= 4 is 15.9 Å². The summed E-state index contributed by atoms with van der Waals surface area (Å²) >= 11 is 3.47. The van der Waals surface area contributed by atoms with Gasteiger partial charge in [0.25, 0.3) is 0 Å². The third-order valence-electron chi connectivity index (χ3n) is 4.08. The monoisotopic (exact) mass is 346 g/mol. The summed E-state index contributed by atoms with van der Waals surface area (Å²) in [5, 5.41) is 7.63. The molecular formula is C14H24BrFN4. The lowest BCUT2D eigenvalue weighted by Gasteiger charge is -2.34. The van der Waals surface area contributed by atoms with Gasteiger partial charge < -0.3 is 10.2 Å². The van der Waals surface area contributed by atoms with Crippen molar-refractivity contribution in [2.75, 3.05) is 33.7 Å². The van der Waals surface area contributed by atoms with Crippen LogP contribution >= 0.6 is 15.9 Å². The lowest BCUT2D eigenvalue weighted by atomic mass is 9.82. The number of nitrogens with zero attached hydrogens (tertiary/aromatic N) is 3. The fourth-order valence-corrected chi connectivity index (χ4v) is 3.50. The zero-order valence-corrected chi connectivity index (χ0v) is 14.1. The first kappa shape index (κ1) is 15.9. The highest BCUT2D eigenvalue weighted by atomic mass is 79.9. The standard InChI is InChI=1S/C14H24BrFN4/c1-14(16,11-5-4-6-17-9-11)13-12(15)10-18-20(13)8-7-19(2)3/h10-11,17H,4-9H2,1-3H3. The number of alkyl halides is 1. The highest BCUT2D eigenvalue weighted by molar-refractivity contribution is 9.10. The van der Waals surface area contributed by atoms with Gasteiger partial charge in [0.15, 0.2) is 5.67 Å². The third-order valence-corrected chi connectivity index (χ3v) is 4.66. The van der Waals surface area contributed by atoms with Crippen molar-refractivity contribution in [1.29, 1.82) is 0 Å². The van der Waals surface area contributed by atoms with Crippen LogP contribution in [0.3, 0.4) is 0 Å². The molecule has 114 valence electrons. The summed E-state index contributed by atoms with van der Waals surface area (Å²) in [5.74, 6) is 0.00218. The second kappa shape index (κ2) is 6.54. The van der Waals surface area contributed by atoms with E-state index in [4.69, 9.17) is 0 Å². The normalized spacial score (nSPS) is 23.0. The largest absolute Gasteiger partial charge is 0.316 e. The van der Waals surface area contributed by atoms with E-state index in [0.29, 0.717) is 12.2 Å². The SMILES string of the molecule is CN(C)CCn1ncc(Br)c1C(C)(F)C1CCCNC1. The number of piperidine rings is 1. The number of rotatable bonds is 5. The van der Waals surface area contributed by atoms with Crippen molar-refractivity contribution in [3.63, 3.8) is 0 Å². The first-order chi connectivity index (χ1) is 9.43. The van der Waals surface area contributed by atoms with Crippen LogP contribution in [0.2, 0.25) is 0 Å². The Hall–Kier alpha value is -0.460. The molecular weight excluding hydrogens is 323 g/mol. The van der Waals surface area contributed by atoms with Crippen molar-refractivity contribution in [3.8, 4) is 0 Å². The van der Waals surface area contributed by atoms with Gasteiger partial charge in [0.05, 0.1) is 22.9 Å². The van der Waals surface area contributed by atoms with E-state index in [2.05, 4.69) is 31.2 Å². The van der Waals surface area contributed by atoms with Crippen LogP contribution in [0.4, 0.5) is 4.39 Å². The Labute approximate surface area is 128 Å². The van der Waals surface area contributed by atoms with E-state index in [1.54, 1.807) is 17.8 Å². The summed E-state index contributed by atoms with van der Waals surface area (Å²) in [4.78, 5) is 2.08. The summed E-state index contributed by atoms with van der Waals surface area (Å²) in [7, 11) is 4.02. The van der Waals surface area contributed by atoms with Gasteiger partial charge in [-0.2, -0.15) is 5.10 Å². The van der Waals surface area contributed by atoms with Crippen LogP contribution in [-0.2, 0) is 12.2 Å². The zero-order valence-electron chi connectivity index (χ0n) is 12.5. The summed E-state index contributed by atoms with van der Waals surface area (Å²) in [5.41, 5.74) is -0.692. The number of hydrogen-bond acceptors (Lipinski definition) is 3. The molecule has 0 spiro atoms. The molecule has 2 atom stereocenters. The molecule has 1 N–H and O–H groups in total. The Balaban J connectivity index is 2.22. The molecule has 6 heteroatoms. The predicted octanol–water partition coefficient (Wildman–Crippen LogP) is 2.39. The third kappa shape index (κ3) is 3.40. The molecule has 1 aliphatic heterocycles. The maximum Gasteiger partial charge on any atom is 0.154 e. The molecule has 0 bridgehead atoms. The Bertz CT molecular complexity index is 438. The molecule has 1 saturated heterocycles. The minimum Gasteiger partial charge on any atom is -0.316 e. The molecule has 0 aliphatic carbocycles. The van der Waals surface area contributed by atoms with Gasteiger partial charge >= 0.3 is 0 Å². The molecule has 1 fully saturated rings. The minimum absolute atomic E-state index is 0.00218. The number of nitrogens with one attached hydrogen (secondary N) is 1. The molecule has 2 heterocycles. The lowest BCUT2D eigenvalue weighted by Crippen LogP contribution is -2.41. The van der Waals surface area contributed by atoms with E-state index in [0.717, 1.165) is 36.9 Å². The second-order valence-corrected chi connectivity index (χ2v) is 6.84. The first-order valence-corrected chi connectivity index (χ1v) is 7.98. The maximum atomic E-state index is 15.4. The second-order valence-electron chi connectivity index (χ2n) is 5.99. The van der Waals surface area contributed by atoms with Crippen LogP contribution in [0.5, 0.6) is 0 Å². The van der Waals surface area contributed by atoms with E-state index < -0.39 is 5.67 Å². The van der Waals surface area contributed by atoms with Crippen LogP contribution in [0.1, 0.15) is 25.5 Å². The Kier molecular flexibility index (Phi) is 5.20. The van der Waals surface area contributed by atoms with E-state index >= 15 is 4.39 Å². The highest BCUT2D eigenvalue weighted by Gasteiger charge is 2.41. The summed E-state index contributed by atoms with van der Waals surface area (Å²) in [6.45, 7) is 4.97. The Morgan fingerprint density at radius 2 is 2.35 bits per heavy atom. The maximum absolute atomic E-state index is 15.4. The van der Waals surface area contributed by atoms with Crippen molar-refractivity contribution < 1.29 is 4.39 Å². The predicted molar refractivity (Wildman–Crippen MR) is 82.5 cm³/mol. The van der Waals surface area contributed by atoms with Crippen molar-refractivity contribution in [3.05, 3.63) is 16.4 Å². The highest BCUT2D eigenvalue weighted by Crippen LogP contribution is 2.40. The first-order valence-electron chi connectivity index (χ1n) is 7.19. The minimum atomic E-state index is -1.37. The molecule has 2 rings (SSSR count). The average Bonchev–Trinajstić information content (AvgIpc) is 2.79. The van der Waals surface area contributed by atoms with Crippen LogP contribution in [0, 0.1) is 5.92 Å². The molecule has 0 aromatic carbocycles. The van der Waals surface area contributed by atoms with Crippen LogP contribution in [0.15, 0.2) is 10.7 Å². The lowest BCUT2D eigenvalue weighted by molar-refractivity contribution is 0.0699. The van der Waals surface area contributed by atoms with E-state index in [1.165, 1.54) is 0 Å². The molecule has 0 amide bonds. The van der Waals surface area contributed by atoms with Gasteiger partial charge in [-0.25, -0.2) is 4.39 Å². The van der Waals surface area contributed by atoms with E-state index in [1.807, 2.05) is 14.1 Å². The number of halogens is 2. The molecule has 1 aromatic heterocycles. The van der Waals surface area contributed by atoms with E-state index in [9.17, 15) is 0 Å². The van der Waals surface area contributed by atoms with Gasteiger partial charge in [0, 0.05) is 19.0 Å². The summed E-state index contributed by atoms with van der Waals surface area (Å²) < 4.78 is 18.0. The van der Waals surface area contributed by atoms with Crippen molar-refractivity contribution in [2.24, 2.45) is 5.92 Å². The fraction of sp³-hybridized carbons (Fsp3) is 0.786. The summed E-state index contributed by atoms with van der Waals surface area (Å²) in [6.07, 6.45) is 3.66. The topological polar surface area (TPSA) is 33.1 Å². The van der Waals surface area contributed by atoms with Gasteiger partial charge in [-0.3, -0.25) is 4.68 Å². The number of hydrogen-bond donors (Lipinski definition) is 1. The van der Waals surface area contributed by atoms with Crippen LogP contribution in [-0.4, -0.2) is 48.4 Å². The fourth-order valence-electron chi connectivity index (χ4n) is 2.82. The molecule has 4 nitrogen and oxygen atoms in total. The van der Waals surface area contributed by atoms with Crippen molar-refractivity contribution in [2.45, 2.75) is 32.0 Å². The molecule has 2 unspecified atom stereocenters. The molecule has 1 aromatic rings. The molecule has 0 saturated carbocycles. The van der Waals surface area contributed by atoms with Gasteiger partial charge in [-0.1, -0.05) is 0 Å². The zero-order chi connectivity index (χ0) is 14.8. The van der Waals surface area contributed by atoms with Crippen LogP contribution in [0.25, 0.3) is 0 Å². The average molecular weight is 347 g/mol. The van der Waals surface area contributed by atoms with Crippen LogP contribution < -0.4 is 5.32 Å². The molecule has 0 radical (unpaired) electrons. The quantitative estimate of drug-likeness (QED) is 0.888.